The molecule has 0 amide bonds. The lowest BCUT2D eigenvalue weighted by Crippen LogP contribution is -2.21. The number of aliphatic carboxylic acids is 1. The molecule has 13 heteroatoms. The van der Waals surface area contributed by atoms with Crippen LogP contribution in [0.3, 0.4) is 0 Å². The summed E-state index contributed by atoms with van der Waals surface area (Å²) in [4.78, 5) is 13.9. The van der Waals surface area contributed by atoms with Crippen molar-refractivity contribution in [2.75, 3.05) is 7.11 Å². The number of aromatic nitrogens is 2. The van der Waals surface area contributed by atoms with Gasteiger partial charge in [-0.25, -0.2) is 18.6 Å². The van der Waals surface area contributed by atoms with E-state index in [2.05, 4.69) is 4.57 Å². The largest absolute Gasteiger partial charge is 0.495 e. The van der Waals surface area contributed by atoms with E-state index in [9.17, 15) is 22.0 Å². The lowest BCUT2D eigenvalue weighted by Gasteiger charge is -2.26. The Kier molecular flexibility index (Phi) is 10.3. The van der Waals surface area contributed by atoms with Gasteiger partial charge in [-0.15, -0.1) is 0 Å². The molecule has 43 heavy (non-hydrogen) atoms. The zero-order valence-electron chi connectivity index (χ0n) is 22.8. The molecule has 0 fully saturated rings. The van der Waals surface area contributed by atoms with Gasteiger partial charge in [0.05, 0.1) is 23.5 Å². The highest BCUT2D eigenvalue weighted by molar-refractivity contribution is 7.98. The average molecular weight is 660 g/mol. The number of aryl methyl sites for hydroxylation is 2. The normalized spacial score (nSPS) is 14.5. The number of methoxy groups -OCH3 is 1. The van der Waals surface area contributed by atoms with E-state index in [4.69, 9.17) is 42.8 Å². The molecule has 228 valence electrons. The second-order valence-corrected chi connectivity index (χ2v) is 11.4. The minimum absolute atomic E-state index is 0.0455. The Balaban J connectivity index is 0.000000541. The first kappa shape index (κ1) is 32.6. The number of carboxylic acid groups (broad SMARTS) is 1. The fourth-order valence-electron chi connectivity index (χ4n) is 4.75. The zero-order chi connectivity index (χ0) is 31.5. The Bertz CT molecular complexity index is 1620. The van der Waals surface area contributed by atoms with Crippen molar-refractivity contribution in [2.24, 2.45) is 0 Å². The fraction of sp³-hybridized carbons (Fsp3) is 0.267. The molecule has 1 aliphatic rings. The standard InChI is InChI=1S/C28H24Cl2F2N2OS.C2HF3O2/c1-16-13-18(10-12-23(16)31)34-27-19(17-9-11-22(30)26(14-17)35-2)5-3-8-25(27)33-28(34)36-15-20-21(29)6-4-7-24(20)32;3-2(4,5)1(6)7/h4,6-7,9-14,19H,3,5,8,15H2,1-2H3;(H,6,7). The molecule has 0 radical (unpaired) electrons. The molecule has 0 saturated heterocycles. The van der Waals surface area contributed by atoms with E-state index in [0.29, 0.717) is 32.7 Å². The van der Waals surface area contributed by atoms with Crippen molar-refractivity contribution >= 4 is 40.9 Å². The van der Waals surface area contributed by atoms with Gasteiger partial charge in [0, 0.05) is 27.9 Å². The van der Waals surface area contributed by atoms with Crippen LogP contribution >= 0.6 is 35.0 Å². The smallest absolute Gasteiger partial charge is 0.490 e. The van der Waals surface area contributed by atoms with Crippen molar-refractivity contribution in [1.82, 2.24) is 9.55 Å². The van der Waals surface area contributed by atoms with Crippen molar-refractivity contribution in [3.63, 3.8) is 0 Å². The summed E-state index contributed by atoms with van der Waals surface area (Å²) in [5, 5.41) is 8.78. The quantitative estimate of drug-likeness (QED) is 0.165. The van der Waals surface area contributed by atoms with Gasteiger partial charge in [-0.1, -0.05) is 47.1 Å². The second-order valence-electron chi connectivity index (χ2n) is 9.63. The van der Waals surface area contributed by atoms with E-state index < -0.39 is 12.1 Å². The minimum Gasteiger partial charge on any atom is -0.495 e. The second kappa shape index (κ2) is 13.6. The molecule has 5 nitrogen and oxygen atoms in total. The minimum atomic E-state index is -5.08. The summed E-state index contributed by atoms with van der Waals surface area (Å²) in [6.07, 6.45) is -2.35. The third-order valence-corrected chi connectivity index (χ3v) is 8.45. The van der Waals surface area contributed by atoms with Crippen LogP contribution in [0, 0.1) is 18.6 Å². The lowest BCUT2D eigenvalue weighted by molar-refractivity contribution is -0.192. The van der Waals surface area contributed by atoms with Crippen molar-refractivity contribution in [3.05, 3.63) is 104 Å². The van der Waals surface area contributed by atoms with Gasteiger partial charge in [-0.2, -0.15) is 13.2 Å². The van der Waals surface area contributed by atoms with Gasteiger partial charge in [0.15, 0.2) is 5.16 Å². The summed E-state index contributed by atoms with van der Waals surface area (Å²) >= 11 is 14.0. The summed E-state index contributed by atoms with van der Waals surface area (Å²) in [6.45, 7) is 1.75. The average Bonchev–Trinajstić information content (AvgIpc) is 3.33. The number of hydrogen-bond donors (Lipinski definition) is 1. The predicted molar refractivity (Wildman–Crippen MR) is 156 cm³/mol. The molecule has 1 heterocycles. The third kappa shape index (κ3) is 7.45. The molecule has 1 atom stereocenters. The summed E-state index contributed by atoms with van der Waals surface area (Å²) in [5.74, 6) is -2.38. The summed E-state index contributed by atoms with van der Waals surface area (Å²) in [5.41, 5.74) is 4.92. The maximum atomic E-state index is 14.5. The van der Waals surface area contributed by atoms with Crippen LogP contribution in [0.4, 0.5) is 22.0 Å². The number of imidazole rings is 1. The van der Waals surface area contributed by atoms with Gasteiger partial charge in [-0.05, 0) is 79.8 Å². The number of rotatable bonds is 6. The van der Waals surface area contributed by atoms with Crippen molar-refractivity contribution in [1.29, 1.82) is 0 Å². The molecule has 0 spiro atoms. The number of halogens is 7. The monoisotopic (exact) mass is 658 g/mol. The van der Waals surface area contributed by atoms with Crippen molar-refractivity contribution < 1.29 is 36.6 Å². The molecule has 1 aromatic heterocycles. The first-order valence-electron chi connectivity index (χ1n) is 12.9. The molecular formula is C30H25Cl2F5N2O3S. The SMILES string of the molecule is COc1cc(C2CCCc3nc(SCc4c(F)cccc4Cl)n(-c4ccc(F)c(C)c4)c32)ccc1Cl.O=C(O)C(F)(F)F. The molecule has 0 bridgehead atoms. The Morgan fingerprint density at radius 2 is 1.81 bits per heavy atom. The number of carbonyl (C=O) groups is 1. The van der Waals surface area contributed by atoms with E-state index >= 15 is 0 Å². The van der Waals surface area contributed by atoms with Crippen molar-refractivity contribution in [3.8, 4) is 11.4 Å². The molecule has 3 aromatic carbocycles. The van der Waals surface area contributed by atoms with Crippen LogP contribution in [0.25, 0.3) is 5.69 Å². The molecule has 0 saturated carbocycles. The highest BCUT2D eigenvalue weighted by atomic mass is 35.5. The van der Waals surface area contributed by atoms with Gasteiger partial charge < -0.3 is 9.84 Å². The highest BCUT2D eigenvalue weighted by Crippen LogP contribution is 2.43. The Hall–Kier alpha value is -3.28. The maximum absolute atomic E-state index is 14.5. The Morgan fingerprint density at radius 3 is 2.44 bits per heavy atom. The fourth-order valence-corrected chi connectivity index (χ4v) is 6.32. The van der Waals surface area contributed by atoms with Crippen LogP contribution in [0.2, 0.25) is 10.0 Å². The highest BCUT2D eigenvalue weighted by Gasteiger charge is 2.38. The molecule has 0 aliphatic heterocycles. The topological polar surface area (TPSA) is 64.4 Å². The molecule has 1 aliphatic carbocycles. The maximum Gasteiger partial charge on any atom is 0.490 e. The molecular weight excluding hydrogens is 634 g/mol. The number of hydrogen-bond acceptors (Lipinski definition) is 4. The van der Waals surface area contributed by atoms with Crippen LogP contribution in [0.1, 0.15) is 46.8 Å². The zero-order valence-corrected chi connectivity index (χ0v) is 25.1. The van der Waals surface area contributed by atoms with Gasteiger partial charge in [-0.3, -0.25) is 4.57 Å². The number of benzene rings is 3. The van der Waals surface area contributed by atoms with Crippen LogP contribution in [-0.4, -0.2) is 33.9 Å². The number of fused-ring (bicyclic) bond motifs is 1. The van der Waals surface area contributed by atoms with Gasteiger partial charge in [0.2, 0.25) is 0 Å². The lowest BCUT2D eigenvalue weighted by atomic mass is 9.84. The summed E-state index contributed by atoms with van der Waals surface area (Å²) < 4.78 is 68.0. The van der Waals surface area contributed by atoms with Crippen LogP contribution < -0.4 is 4.74 Å². The van der Waals surface area contributed by atoms with Crippen LogP contribution in [0.15, 0.2) is 59.8 Å². The van der Waals surface area contributed by atoms with Crippen molar-refractivity contribution in [2.45, 2.75) is 49.2 Å². The van der Waals surface area contributed by atoms with Gasteiger partial charge in [0.25, 0.3) is 0 Å². The molecule has 5 rings (SSSR count). The first-order valence-corrected chi connectivity index (χ1v) is 14.6. The number of carboxylic acids is 1. The summed E-state index contributed by atoms with van der Waals surface area (Å²) in [6, 6.07) is 15.6. The van der Waals surface area contributed by atoms with Gasteiger partial charge >= 0.3 is 12.1 Å². The van der Waals surface area contributed by atoms with Crippen LogP contribution in [0.5, 0.6) is 5.75 Å². The first-order chi connectivity index (χ1) is 20.3. The molecule has 1 N–H and O–H groups in total. The van der Waals surface area contributed by atoms with E-state index in [-0.39, 0.29) is 17.6 Å². The Morgan fingerprint density at radius 1 is 1.09 bits per heavy atom. The van der Waals surface area contributed by atoms with Gasteiger partial charge in [0.1, 0.15) is 17.4 Å². The number of alkyl halides is 3. The molecule has 4 aromatic rings. The molecule has 1 unspecified atom stereocenters. The third-order valence-electron chi connectivity index (χ3n) is 6.82. The van der Waals surface area contributed by atoms with E-state index in [1.54, 1.807) is 32.2 Å². The van der Waals surface area contributed by atoms with E-state index in [1.165, 1.54) is 23.9 Å². The number of ether oxygens (including phenoxy) is 1. The number of nitrogens with zero attached hydrogens (tertiary/aromatic N) is 2. The van der Waals surface area contributed by atoms with E-state index in [0.717, 1.165) is 47.1 Å². The van der Waals surface area contributed by atoms with E-state index in [1.807, 2.05) is 24.3 Å². The summed E-state index contributed by atoms with van der Waals surface area (Å²) in [7, 11) is 1.60. The number of thioether (sulfide) groups is 1. The Labute approximate surface area is 258 Å². The van der Waals surface area contributed by atoms with Crippen LogP contribution in [-0.2, 0) is 17.0 Å². The predicted octanol–water partition coefficient (Wildman–Crippen LogP) is 9.17.